The topological polar surface area (TPSA) is 62.3 Å². The normalized spacial score (nSPS) is 17.8. The highest BCUT2D eigenvalue weighted by Gasteiger charge is 2.38. The van der Waals surface area contributed by atoms with E-state index in [1.165, 1.54) is 5.56 Å². The van der Waals surface area contributed by atoms with E-state index in [9.17, 15) is 13.2 Å². The molecule has 0 spiro atoms. The SMILES string of the molecule is COc1ccc(CCC2CN(C3=c4ncccc4=CNc4sc(C(F)(F)F)nc43)CCN2)cc1. The molecule has 4 heterocycles. The lowest BCUT2D eigenvalue weighted by Crippen LogP contribution is -2.52. The van der Waals surface area contributed by atoms with E-state index < -0.39 is 11.2 Å². The fourth-order valence-electron chi connectivity index (χ4n) is 4.34. The van der Waals surface area contributed by atoms with Crippen LogP contribution in [0.5, 0.6) is 5.75 Å². The molecular weight excluding hydrogens is 463 g/mol. The van der Waals surface area contributed by atoms with Crippen molar-refractivity contribution >= 4 is 28.2 Å². The third-order valence-corrected chi connectivity index (χ3v) is 7.06. The quantitative estimate of drug-likeness (QED) is 0.577. The Bertz CT molecular complexity index is 1290. The number of benzene rings is 1. The number of aromatic nitrogens is 2. The Morgan fingerprint density at radius 1 is 1.21 bits per heavy atom. The van der Waals surface area contributed by atoms with E-state index in [1.54, 1.807) is 19.5 Å². The lowest BCUT2D eigenvalue weighted by atomic mass is 10.0. The number of nitrogens with one attached hydrogen (secondary N) is 2. The Labute approximate surface area is 198 Å². The van der Waals surface area contributed by atoms with Crippen molar-refractivity contribution in [3.63, 3.8) is 0 Å². The van der Waals surface area contributed by atoms with Crippen molar-refractivity contribution < 1.29 is 17.9 Å². The highest BCUT2D eigenvalue weighted by atomic mass is 32.1. The van der Waals surface area contributed by atoms with Gasteiger partial charge in [0.1, 0.15) is 16.4 Å². The predicted molar refractivity (Wildman–Crippen MR) is 126 cm³/mol. The van der Waals surface area contributed by atoms with Gasteiger partial charge in [0.25, 0.3) is 0 Å². The molecule has 0 aliphatic carbocycles. The number of alkyl halides is 3. The highest BCUT2D eigenvalue weighted by molar-refractivity contribution is 7.16. The van der Waals surface area contributed by atoms with Gasteiger partial charge in [0, 0.05) is 43.3 Å². The zero-order chi connectivity index (χ0) is 23.7. The Morgan fingerprint density at radius 2 is 2.03 bits per heavy atom. The summed E-state index contributed by atoms with van der Waals surface area (Å²) in [7, 11) is 1.65. The number of pyridine rings is 1. The number of aryl methyl sites for hydroxylation is 1. The molecule has 1 atom stereocenters. The second-order valence-electron chi connectivity index (χ2n) is 8.26. The average Bonchev–Trinajstić information content (AvgIpc) is 3.21. The van der Waals surface area contributed by atoms with Crippen molar-refractivity contribution in [3.8, 4) is 5.75 Å². The van der Waals surface area contributed by atoms with Crippen LogP contribution in [0.4, 0.5) is 18.2 Å². The molecule has 5 rings (SSSR count). The molecule has 2 aromatic heterocycles. The van der Waals surface area contributed by atoms with Crippen LogP contribution >= 0.6 is 11.3 Å². The molecule has 1 fully saturated rings. The maximum atomic E-state index is 13.5. The Hall–Kier alpha value is -3.11. The minimum Gasteiger partial charge on any atom is -0.497 e. The number of ether oxygens (including phenoxy) is 1. The molecule has 2 N–H and O–H groups in total. The van der Waals surface area contributed by atoms with Crippen LogP contribution in [0.25, 0.3) is 11.9 Å². The van der Waals surface area contributed by atoms with E-state index in [-0.39, 0.29) is 6.04 Å². The summed E-state index contributed by atoms with van der Waals surface area (Å²) in [5.74, 6) is 0.823. The Morgan fingerprint density at radius 3 is 2.79 bits per heavy atom. The molecule has 1 unspecified atom stereocenters. The van der Waals surface area contributed by atoms with Crippen LogP contribution in [-0.4, -0.2) is 47.7 Å². The van der Waals surface area contributed by atoms with Crippen LogP contribution < -0.4 is 25.9 Å². The standard InChI is InChI=1S/C24H24F3N5OS/c1-33-18-8-5-15(6-9-18)4-7-17-14-32(12-11-28-17)21-19-16(3-2-10-29-19)13-30-22-20(21)31-23(34-22)24(25,26)27/h2-3,5-6,8-10,13,17,28,30H,4,7,11-12,14H2,1H3. The second-order valence-corrected chi connectivity index (χ2v) is 9.26. The number of halogens is 3. The average molecular weight is 488 g/mol. The van der Waals surface area contributed by atoms with Crippen LogP contribution in [0.15, 0.2) is 42.6 Å². The summed E-state index contributed by atoms with van der Waals surface area (Å²) in [6.07, 6.45) is 0.650. The second kappa shape index (κ2) is 9.27. The summed E-state index contributed by atoms with van der Waals surface area (Å²) >= 11 is 0.626. The van der Waals surface area contributed by atoms with Crippen molar-refractivity contribution in [2.45, 2.75) is 25.1 Å². The number of hydrogen-bond acceptors (Lipinski definition) is 7. The number of thiazole rings is 1. The van der Waals surface area contributed by atoms with Crippen molar-refractivity contribution in [1.82, 2.24) is 20.2 Å². The first-order chi connectivity index (χ1) is 16.4. The summed E-state index contributed by atoms with van der Waals surface area (Å²) in [5, 5.41) is 7.57. The lowest BCUT2D eigenvalue weighted by molar-refractivity contribution is -0.137. The number of fused-ring (bicyclic) bond motifs is 2. The van der Waals surface area contributed by atoms with E-state index in [0.29, 0.717) is 46.2 Å². The maximum Gasteiger partial charge on any atom is 0.443 e. The fourth-order valence-corrected chi connectivity index (χ4v) is 5.14. The molecule has 1 saturated heterocycles. The minimum absolute atomic E-state index is 0.180. The van der Waals surface area contributed by atoms with Gasteiger partial charge < -0.3 is 20.3 Å². The number of hydrogen-bond donors (Lipinski definition) is 2. The molecule has 34 heavy (non-hydrogen) atoms. The van der Waals surface area contributed by atoms with Gasteiger partial charge in [-0.3, -0.25) is 4.98 Å². The number of rotatable bonds is 5. The van der Waals surface area contributed by atoms with E-state index in [1.807, 2.05) is 24.3 Å². The largest absolute Gasteiger partial charge is 0.497 e. The molecular formula is C24H24F3N5OS. The molecule has 3 aromatic rings. The van der Waals surface area contributed by atoms with Crippen molar-refractivity contribution in [1.29, 1.82) is 0 Å². The third kappa shape index (κ3) is 4.60. The number of anilines is 1. The van der Waals surface area contributed by atoms with E-state index in [4.69, 9.17) is 4.74 Å². The van der Waals surface area contributed by atoms with Crippen LogP contribution in [0, 0.1) is 0 Å². The molecule has 0 saturated carbocycles. The van der Waals surface area contributed by atoms with Crippen LogP contribution in [0.3, 0.4) is 0 Å². The zero-order valence-electron chi connectivity index (χ0n) is 18.5. The first-order valence-corrected chi connectivity index (χ1v) is 11.9. The van der Waals surface area contributed by atoms with Gasteiger partial charge in [-0.2, -0.15) is 13.2 Å². The molecule has 178 valence electrons. The number of piperazine rings is 1. The Balaban J connectivity index is 1.45. The zero-order valence-corrected chi connectivity index (χ0v) is 19.3. The Kier molecular flexibility index (Phi) is 6.18. The lowest BCUT2D eigenvalue weighted by Gasteiger charge is -2.36. The monoisotopic (exact) mass is 487 g/mol. The van der Waals surface area contributed by atoms with Crippen molar-refractivity contribution in [2.75, 3.05) is 32.1 Å². The van der Waals surface area contributed by atoms with Crippen LogP contribution in [-0.2, 0) is 12.6 Å². The van der Waals surface area contributed by atoms with E-state index in [0.717, 1.165) is 30.4 Å². The maximum absolute atomic E-state index is 13.5. The summed E-state index contributed by atoms with van der Waals surface area (Å²) in [5.41, 5.74) is 2.17. The third-order valence-electron chi connectivity index (χ3n) is 6.03. The molecule has 6 nitrogen and oxygen atoms in total. The first-order valence-electron chi connectivity index (χ1n) is 11.0. The van der Waals surface area contributed by atoms with Crippen molar-refractivity contribution in [2.24, 2.45) is 0 Å². The smallest absolute Gasteiger partial charge is 0.443 e. The molecule has 0 radical (unpaired) electrons. The fraction of sp³-hybridized carbons (Fsp3) is 0.333. The van der Waals surface area contributed by atoms with Crippen LogP contribution in [0.2, 0.25) is 0 Å². The van der Waals surface area contributed by atoms with Crippen LogP contribution in [0.1, 0.15) is 22.7 Å². The van der Waals surface area contributed by atoms with Gasteiger partial charge in [0.15, 0.2) is 0 Å². The molecule has 0 bridgehead atoms. The first kappa shape index (κ1) is 22.7. The van der Waals surface area contributed by atoms with E-state index >= 15 is 0 Å². The molecule has 0 amide bonds. The van der Waals surface area contributed by atoms with Crippen molar-refractivity contribution in [3.05, 3.63) is 69.4 Å². The molecule has 2 aliphatic heterocycles. The van der Waals surface area contributed by atoms with E-state index in [2.05, 4.69) is 37.6 Å². The van der Waals surface area contributed by atoms with Gasteiger partial charge in [-0.15, -0.1) is 0 Å². The van der Waals surface area contributed by atoms with Gasteiger partial charge >= 0.3 is 6.18 Å². The summed E-state index contributed by atoms with van der Waals surface area (Å²) in [6, 6.07) is 11.9. The van der Waals surface area contributed by atoms with Gasteiger partial charge in [0.2, 0.25) is 5.01 Å². The predicted octanol–water partition coefficient (Wildman–Crippen LogP) is 2.79. The summed E-state index contributed by atoms with van der Waals surface area (Å²) in [4.78, 5) is 10.7. The summed E-state index contributed by atoms with van der Waals surface area (Å²) in [6.45, 7) is 2.03. The molecule has 1 aromatic carbocycles. The highest BCUT2D eigenvalue weighted by Crippen LogP contribution is 2.39. The van der Waals surface area contributed by atoms with Gasteiger partial charge in [0.05, 0.1) is 18.2 Å². The minimum atomic E-state index is -4.50. The van der Waals surface area contributed by atoms with Gasteiger partial charge in [-0.25, -0.2) is 4.98 Å². The number of nitrogens with zero attached hydrogens (tertiary/aromatic N) is 3. The summed E-state index contributed by atoms with van der Waals surface area (Å²) < 4.78 is 45.6. The number of methoxy groups -OCH3 is 1. The van der Waals surface area contributed by atoms with Gasteiger partial charge in [-0.1, -0.05) is 23.5 Å². The molecule has 10 heteroatoms. The molecule has 2 aliphatic rings. The van der Waals surface area contributed by atoms with Gasteiger partial charge in [-0.05, 0) is 42.7 Å².